The first-order valence-corrected chi connectivity index (χ1v) is 8.20. The van der Waals surface area contributed by atoms with E-state index in [0.29, 0.717) is 19.3 Å². The predicted octanol–water partition coefficient (Wildman–Crippen LogP) is 2.92. The van der Waals surface area contributed by atoms with E-state index in [4.69, 9.17) is 9.47 Å². The number of β-amino-alcohol motifs (C(OH)–C–C–N with tert-alkyl or cyclic N) is 1. The number of benzene rings is 1. The van der Waals surface area contributed by atoms with Crippen molar-refractivity contribution < 1.29 is 14.6 Å². The Labute approximate surface area is 132 Å². The monoisotopic (exact) mass is 303 g/mol. The van der Waals surface area contributed by atoms with Crippen molar-refractivity contribution in [1.82, 2.24) is 4.90 Å². The number of allylic oxidation sites excluding steroid dienone is 1. The molecule has 1 aromatic rings. The fourth-order valence-electron chi connectivity index (χ4n) is 3.36. The number of fused-ring (bicyclic) bond motifs is 1. The van der Waals surface area contributed by atoms with Gasteiger partial charge in [-0.25, -0.2) is 0 Å². The quantitative estimate of drug-likeness (QED) is 0.821. The van der Waals surface area contributed by atoms with Gasteiger partial charge < -0.3 is 14.6 Å². The Morgan fingerprint density at radius 3 is 2.95 bits per heavy atom. The van der Waals surface area contributed by atoms with Crippen molar-refractivity contribution in [2.45, 2.75) is 37.8 Å². The average Bonchev–Trinajstić information content (AvgIpc) is 3.00. The van der Waals surface area contributed by atoms with Crippen molar-refractivity contribution in [3.05, 3.63) is 36.4 Å². The van der Waals surface area contributed by atoms with Crippen LogP contribution in [0.3, 0.4) is 0 Å². The molecule has 2 aliphatic heterocycles. The predicted molar refractivity (Wildman–Crippen MR) is 86.4 cm³/mol. The molecule has 0 amide bonds. The minimum atomic E-state index is -0.282. The fourth-order valence-corrected chi connectivity index (χ4v) is 3.36. The third kappa shape index (κ3) is 3.45. The topological polar surface area (TPSA) is 41.9 Å². The Kier molecular flexibility index (Phi) is 5.01. The molecular formula is C18H25NO3. The Morgan fingerprint density at radius 2 is 2.14 bits per heavy atom. The highest BCUT2D eigenvalue weighted by atomic mass is 16.6. The van der Waals surface area contributed by atoms with Gasteiger partial charge in [0.1, 0.15) is 13.2 Å². The molecule has 1 saturated heterocycles. The zero-order chi connectivity index (χ0) is 15.4. The summed E-state index contributed by atoms with van der Waals surface area (Å²) in [7, 11) is 0. The van der Waals surface area contributed by atoms with Crippen molar-refractivity contribution in [3.63, 3.8) is 0 Å². The summed E-state index contributed by atoms with van der Waals surface area (Å²) in [5.74, 6) is 1.69. The Bertz CT molecular complexity index is 517. The number of ether oxygens (including phenoxy) is 2. The van der Waals surface area contributed by atoms with Gasteiger partial charge in [0, 0.05) is 12.6 Å². The van der Waals surface area contributed by atoms with Crippen LogP contribution in [0.5, 0.6) is 11.5 Å². The number of aliphatic hydroxyl groups excluding tert-OH is 1. The molecule has 0 saturated carbocycles. The standard InChI is InChI=1S/C18H25NO3/c1-2-3-5-15(20)13-19-9-4-6-16(19)14-7-8-17-18(12-14)22-11-10-21-17/h2,7-8,12,15-16,20H,1,3-6,9-11,13H2. The van der Waals surface area contributed by atoms with Gasteiger partial charge >= 0.3 is 0 Å². The Balaban J connectivity index is 1.68. The number of hydrogen-bond donors (Lipinski definition) is 1. The lowest BCUT2D eigenvalue weighted by atomic mass is 10.0. The number of likely N-dealkylation sites (tertiary alicyclic amines) is 1. The molecule has 0 radical (unpaired) electrons. The maximum absolute atomic E-state index is 10.2. The average molecular weight is 303 g/mol. The van der Waals surface area contributed by atoms with Crippen molar-refractivity contribution >= 4 is 0 Å². The van der Waals surface area contributed by atoms with E-state index in [9.17, 15) is 5.11 Å². The lowest BCUT2D eigenvalue weighted by Gasteiger charge is -2.28. The minimum absolute atomic E-state index is 0.282. The molecule has 4 nitrogen and oxygen atoms in total. The van der Waals surface area contributed by atoms with Gasteiger partial charge in [0.2, 0.25) is 0 Å². The van der Waals surface area contributed by atoms with Crippen LogP contribution in [0.15, 0.2) is 30.9 Å². The summed E-state index contributed by atoms with van der Waals surface area (Å²) in [6.07, 6.45) is 5.54. The molecule has 4 heteroatoms. The van der Waals surface area contributed by atoms with Crippen LogP contribution in [0.1, 0.15) is 37.3 Å². The van der Waals surface area contributed by atoms with Crippen LogP contribution in [0.4, 0.5) is 0 Å². The van der Waals surface area contributed by atoms with E-state index in [1.165, 1.54) is 12.0 Å². The summed E-state index contributed by atoms with van der Waals surface area (Å²) in [6.45, 7) is 6.73. The number of rotatable bonds is 6. The third-order valence-electron chi connectivity index (χ3n) is 4.46. The van der Waals surface area contributed by atoms with Gasteiger partial charge in [0.15, 0.2) is 11.5 Å². The number of hydrogen-bond acceptors (Lipinski definition) is 4. The molecule has 2 aliphatic rings. The maximum Gasteiger partial charge on any atom is 0.161 e. The number of nitrogens with zero attached hydrogens (tertiary/aromatic N) is 1. The molecule has 2 unspecified atom stereocenters. The second kappa shape index (κ2) is 7.16. The molecular weight excluding hydrogens is 278 g/mol. The lowest BCUT2D eigenvalue weighted by Crippen LogP contribution is -2.32. The largest absolute Gasteiger partial charge is 0.486 e. The van der Waals surface area contributed by atoms with E-state index in [1.54, 1.807) is 0 Å². The van der Waals surface area contributed by atoms with Gasteiger partial charge in [0.05, 0.1) is 6.10 Å². The maximum atomic E-state index is 10.2. The summed E-state index contributed by atoms with van der Waals surface area (Å²) in [6, 6.07) is 6.61. The van der Waals surface area contributed by atoms with Crippen molar-refractivity contribution in [2.24, 2.45) is 0 Å². The second-order valence-corrected chi connectivity index (χ2v) is 6.08. The molecule has 0 aliphatic carbocycles. The minimum Gasteiger partial charge on any atom is -0.486 e. The summed E-state index contributed by atoms with van der Waals surface area (Å²) in [5, 5.41) is 10.2. The normalized spacial score (nSPS) is 22.5. The Hall–Kier alpha value is -1.52. The molecule has 120 valence electrons. The van der Waals surface area contributed by atoms with E-state index < -0.39 is 0 Å². The van der Waals surface area contributed by atoms with Gasteiger partial charge in [0.25, 0.3) is 0 Å². The van der Waals surface area contributed by atoms with Crippen molar-refractivity contribution in [1.29, 1.82) is 0 Å². The van der Waals surface area contributed by atoms with E-state index in [2.05, 4.69) is 23.6 Å². The van der Waals surface area contributed by atoms with E-state index >= 15 is 0 Å². The molecule has 3 rings (SSSR count). The van der Waals surface area contributed by atoms with Crippen LogP contribution in [0, 0.1) is 0 Å². The van der Waals surface area contributed by atoms with Crippen molar-refractivity contribution in [3.8, 4) is 11.5 Å². The van der Waals surface area contributed by atoms with Gasteiger partial charge in [-0.3, -0.25) is 4.90 Å². The van der Waals surface area contributed by atoms with Crippen LogP contribution in [0.2, 0.25) is 0 Å². The molecule has 2 atom stereocenters. The molecule has 0 aromatic heterocycles. The zero-order valence-electron chi connectivity index (χ0n) is 13.0. The Morgan fingerprint density at radius 1 is 1.32 bits per heavy atom. The highest BCUT2D eigenvalue weighted by Crippen LogP contribution is 2.38. The molecule has 0 spiro atoms. The summed E-state index contributed by atoms with van der Waals surface area (Å²) in [4.78, 5) is 2.39. The third-order valence-corrected chi connectivity index (χ3v) is 4.46. The van der Waals surface area contributed by atoms with E-state index in [1.807, 2.05) is 12.1 Å². The van der Waals surface area contributed by atoms with Crippen LogP contribution in [0.25, 0.3) is 0 Å². The van der Waals surface area contributed by atoms with Crippen LogP contribution < -0.4 is 9.47 Å². The summed E-state index contributed by atoms with van der Waals surface area (Å²) in [5.41, 5.74) is 1.26. The first kappa shape index (κ1) is 15.4. The van der Waals surface area contributed by atoms with Crippen LogP contribution in [-0.4, -0.2) is 42.4 Å². The van der Waals surface area contributed by atoms with Gasteiger partial charge in [-0.15, -0.1) is 6.58 Å². The first-order chi connectivity index (χ1) is 10.8. The van der Waals surface area contributed by atoms with Crippen LogP contribution in [-0.2, 0) is 0 Å². The highest BCUT2D eigenvalue weighted by molar-refractivity contribution is 5.44. The molecule has 1 aromatic carbocycles. The number of aliphatic hydroxyl groups is 1. The lowest BCUT2D eigenvalue weighted by molar-refractivity contribution is 0.0994. The van der Waals surface area contributed by atoms with Gasteiger partial charge in [-0.05, 0) is 49.9 Å². The highest BCUT2D eigenvalue weighted by Gasteiger charge is 2.28. The first-order valence-electron chi connectivity index (χ1n) is 8.20. The zero-order valence-corrected chi connectivity index (χ0v) is 13.0. The molecule has 22 heavy (non-hydrogen) atoms. The molecule has 1 fully saturated rings. The fraction of sp³-hybridized carbons (Fsp3) is 0.556. The smallest absolute Gasteiger partial charge is 0.161 e. The summed E-state index contributed by atoms with van der Waals surface area (Å²) >= 11 is 0. The van der Waals surface area contributed by atoms with Crippen LogP contribution >= 0.6 is 0 Å². The van der Waals surface area contributed by atoms with E-state index in [0.717, 1.165) is 43.9 Å². The van der Waals surface area contributed by atoms with E-state index in [-0.39, 0.29) is 6.10 Å². The molecule has 2 heterocycles. The summed E-state index contributed by atoms with van der Waals surface area (Å²) < 4.78 is 11.3. The van der Waals surface area contributed by atoms with Crippen molar-refractivity contribution in [2.75, 3.05) is 26.3 Å². The SMILES string of the molecule is C=CCCC(O)CN1CCCC1c1ccc2c(c1)OCCO2. The van der Waals surface area contributed by atoms with Gasteiger partial charge in [-0.2, -0.15) is 0 Å². The molecule has 0 bridgehead atoms. The molecule has 1 N–H and O–H groups in total. The van der Waals surface area contributed by atoms with Gasteiger partial charge in [-0.1, -0.05) is 12.1 Å². The second-order valence-electron chi connectivity index (χ2n) is 6.08.